The zero-order valence-corrected chi connectivity index (χ0v) is 14.2. The molecular formula is C16H13BrFN5O. The van der Waals surface area contributed by atoms with Gasteiger partial charge in [-0.1, -0.05) is 15.9 Å². The van der Waals surface area contributed by atoms with Crippen molar-refractivity contribution < 1.29 is 9.18 Å². The summed E-state index contributed by atoms with van der Waals surface area (Å²) in [5.74, 6) is -0.223. The molecule has 0 aliphatic heterocycles. The first-order chi connectivity index (χ1) is 11.5. The molecule has 3 aromatic rings. The monoisotopic (exact) mass is 389 g/mol. The Morgan fingerprint density at radius 2 is 1.83 bits per heavy atom. The van der Waals surface area contributed by atoms with Crippen LogP contribution in [0.5, 0.6) is 0 Å². The van der Waals surface area contributed by atoms with Crippen LogP contribution < -0.4 is 5.32 Å². The Balaban J connectivity index is 1.79. The quantitative estimate of drug-likeness (QED) is 0.743. The summed E-state index contributed by atoms with van der Waals surface area (Å²) in [5, 5.41) is 14.4. The number of amides is 1. The number of carbonyl (C=O) groups is 1. The van der Waals surface area contributed by atoms with Gasteiger partial charge in [0.15, 0.2) is 5.82 Å². The number of hydrogen-bond donors (Lipinski definition) is 1. The molecule has 0 fully saturated rings. The van der Waals surface area contributed by atoms with E-state index in [-0.39, 0.29) is 5.91 Å². The van der Waals surface area contributed by atoms with E-state index in [0.29, 0.717) is 11.4 Å². The summed E-state index contributed by atoms with van der Waals surface area (Å²) >= 11 is 3.38. The molecule has 8 heteroatoms. The van der Waals surface area contributed by atoms with Crippen LogP contribution in [-0.2, 0) is 0 Å². The number of nitrogens with one attached hydrogen (secondary N) is 1. The summed E-state index contributed by atoms with van der Waals surface area (Å²) < 4.78 is 15.4. The highest BCUT2D eigenvalue weighted by Gasteiger charge is 2.18. The van der Waals surface area contributed by atoms with Crippen LogP contribution in [0.3, 0.4) is 0 Å². The molecule has 0 spiro atoms. The first kappa shape index (κ1) is 16.3. The third kappa shape index (κ3) is 3.48. The largest absolute Gasteiger partial charge is 0.342 e. The number of hydrogen-bond acceptors (Lipinski definition) is 4. The van der Waals surface area contributed by atoms with Crippen LogP contribution in [0.1, 0.15) is 29.1 Å². The molecule has 1 atom stereocenters. The van der Waals surface area contributed by atoms with E-state index in [9.17, 15) is 9.18 Å². The van der Waals surface area contributed by atoms with Crippen molar-refractivity contribution in [1.29, 1.82) is 0 Å². The minimum Gasteiger partial charge on any atom is -0.342 e. The van der Waals surface area contributed by atoms with Crippen molar-refractivity contribution in [3.8, 4) is 5.69 Å². The van der Waals surface area contributed by atoms with E-state index in [1.165, 1.54) is 24.3 Å². The second-order valence-electron chi connectivity index (χ2n) is 5.13. The normalized spacial score (nSPS) is 12.0. The van der Waals surface area contributed by atoms with E-state index in [1.807, 2.05) is 24.3 Å². The van der Waals surface area contributed by atoms with Crippen LogP contribution in [0.4, 0.5) is 4.39 Å². The summed E-state index contributed by atoms with van der Waals surface area (Å²) in [5.41, 5.74) is 1.15. The molecule has 2 aromatic carbocycles. The predicted octanol–water partition coefficient (Wildman–Crippen LogP) is 3.05. The van der Waals surface area contributed by atoms with Crippen LogP contribution in [0.15, 0.2) is 53.0 Å². The number of aromatic nitrogens is 4. The van der Waals surface area contributed by atoms with Gasteiger partial charge in [-0.05, 0) is 65.9 Å². The molecule has 1 amide bonds. The van der Waals surface area contributed by atoms with Crippen molar-refractivity contribution >= 4 is 21.8 Å². The van der Waals surface area contributed by atoms with Gasteiger partial charge >= 0.3 is 0 Å². The Labute approximate surface area is 145 Å². The Bertz CT molecular complexity index is 848. The summed E-state index contributed by atoms with van der Waals surface area (Å²) in [7, 11) is 0. The van der Waals surface area contributed by atoms with E-state index < -0.39 is 11.9 Å². The van der Waals surface area contributed by atoms with E-state index in [2.05, 4.69) is 36.8 Å². The molecule has 0 saturated heterocycles. The maximum Gasteiger partial charge on any atom is 0.251 e. The summed E-state index contributed by atoms with van der Waals surface area (Å²) in [6.07, 6.45) is 0. The molecule has 24 heavy (non-hydrogen) atoms. The average molecular weight is 390 g/mol. The minimum atomic E-state index is -0.429. The maximum absolute atomic E-state index is 12.9. The van der Waals surface area contributed by atoms with Gasteiger partial charge in [-0.15, -0.1) is 5.10 Å². The lowest BCUT2D eigenvalue weighted by Crippen LogP contribution is -2.28. The SMILES string of the molecule is CC(NC(=O)c1ccc(F)cc1)c1nnnn1-c1ccc(Br)cc1. The fourth-order valence-corrected chi connectivity index (χ4v) is 2.44. The lowest BCUT2D eigenvalue weighted by Gasteiger charge is -2.13. The summed E-state index contributed by atoms with van der Waals surface area (Å²) in [4.78, 5) is 12.2. The highest BCUT2D eigenvalue weighted by molar-refractivity contribution is 9.10. The second kappa shape index (κ2) is 6.88. The van der Waals surface area contributed by atoms with Crippen LogP contribution in [-0.4, -0.2) is 26.1 Å². The molecule has 0 aliphatic carbocycles. The second-order valence-corrected chi connectivity index (χ2v) is 6.04. The standard InChI is InChI=1S/C16H13BrFN5O/c1-10(19-16(24)11-2-6-13(18)7-3-11)15-20-21-22-23(15)14-8-4-12(17)5-9-14/h2-10H,1H3,(H,19,24). The molecule has 3 rings (SSSR count). The lowest BCUT2D eigenvalue weighted by atomic mass is 10.2. The zero-order chi connectivity index (χ0) is 17.1. The van der Waals surface area contributed by atoms with Gasteiger partial charge in [-0.2, -0.15) is 4.68 Å². The first-order valence-electron chi connectivity index (χ1n) is 7.15. The molecule has 0 radical (unpaired) electrons. The molecule has 0 aliphatic rings. The third-order valence-corrected chi connectivity index (χ3v) is 3.93. The van der Waals surface area contributed by atoms with Gasteiger partial charge < -0.3 is 5.32 Å². The van der Waals surface area contributed by atoms with Crippen molar-refractivity contribution in [2.45, 2.75) is 13.0 Å². The molecule has 6 nitrogen and oxygen atoms in total. The molecular weight excluding hydrogens is 377 g/mol. The Hall–Kier alpha value is -2.61. The number of carbonyl (C=O) groups excluding carboxylic acids is 1. The van der Waals surface area contributed by atoms with Crippen LogP contribution in [0, 0.1) is 5.82 Å². The number of nitrogens with zero attached hydrogens (tertiary/aromatic N) is 4. The van der Waals surface area contributed by atoms with Gasteiger partial charge in [0.05, 0.1) is 11.7 Å². The topological polar surface area (TPSA) is 72.7 Å². The van der Waals surface area contributed by atoms with Crippen molar-refractivity contribution in [3.05, 3.63) is 70.2 Å². The number of benzene rings is 2. The summed E-state index contributed by atoms with van der Waals surface area (Å²) in [6.45, 7) is 1.78. The molecule has 1 N–H and O–H groups in total. The molecule has 1 heterocycles. The highest BCUT2D eigenvalue weighted by Crippen LogP contribution is 2.17. The Morgan fingerprint density at radius 1 is 1.17 bits per heavy atom. The third-order valence-electron chi connectivity index (χ3n) is 3.41. The fraction of sp³-hybridized carbons (Fsp3) is 0.125. The van der Waals surface area contributed by atoms with E-state index in [0.717, 1.165) is 10.2 Å². The number of tetrazole rings is 1. The minimum absolute atomic E-state index is 0.326. The van der Waals surface area contributed by atoms with E-state index in [1.54, 1.807) is 11.6 Å². The number of rotatable bonds is 4. The van der Waals surface area contributed by atoms with Gasteiger partial charge in [0.25, 0.3) is 5.91 Å². The highest BCUT2D eigenvalue weighted by atomic mass is 79.9. The van der Waals surface area contributed by atoms with Crippen molar-refractivity contribution in [3.63, 3.8) is 0 Å². The van der Waals surface area contributed by atoms with Gasteiger partial charge in [0.1, 0.15) is 5.82 Å². The van der Waals surface area contributed by atoms with Gasteiger partial charge in [-0.25, -0.2) is 4.39 Å². The molecule has 1 unspecified atom stereocenters. The van der Waals surface area contributed by atoms with Crippen molar-refractivity contribution in [1.82, 2.24) is 25.5 Å². The van der Waals surface area contributed by atoms with Gasteiger partial charge in [0, 0.05) is 10.0 Å². The Kier molecular flexibility index (Phi) is 4.66. The smallest absolute Gasteiger partial charge is 0.251 e. The summed E-state index contributed by atoms with van der Waals surface area (Å²) in [6, 6.07) is 12.4. The molecule has 0 saturated carbocycles. The lowest BCUT2D eigenvalue weighted by molar-refractivity contribution is 0.0938. The zero-order valence-electron chi connectivity index (χ0n) is 12.6. The molecule has 122 valence electrons. The van der Waals surface area contributed by atoms with Crippen molar-refractivity contribution in [2.75, 3.05) is 0 Å². The molecule has 1 aromatic heterocycles. The fourth-order valence-electron chi connectivity index (χ4n) is 2.18. The number of halogens is 2. The predicted molar refractivity (Wildman–Crippen MR) is 89.1 cm³/mol. The van der Waals surface area contributed by atoms with E-state index in [4.69, 9.17) is 0 Å². The van der Waals surface area contributed by atoms with Gasteiger partial charge in [0.2, 0.25) is 0 Å². The Morgan fingerprint density at radius 3 is 2.50 bits per heavy atom. The first-order valence-corrected chi connectivity index (χ1v) is 7.94. The van der Waals surface area contributed by atoms with Gasteiger partial charge in [-0.3, -0.25) is 4.79 Å². The van der Waals surface area contributed by atoms with Crippen molar-refractivity contribution in [2.24, 2.45) is 0 Å². The van der Waals surface area contributed by atoms with Crippen LogP contribution in [0.2, 0.25) is 0 Å². The van der Waals surface area contributed by atoms with Crippen LogP contribution >= 0.6 is 15.9 Å². The maximum atomic E-state index is 12.9. The average Bonchev–Trinajstić information content (AvgIpc) is 3.06. The molecule has 0 bridgehead atoms. The van der Waals surface area contributed by atoms with Crippen LogP contribution in [0.25, 0.3) is 5.69 Å². The van der Waals surface area contributed by atoms with E-state index >= 15 is 0 Å².